The molecule has 3 rings (SSSR count). The summed E-state index contributed by atoms with van der Waals surface area (Å²) in [5, 5.41) is 10.6. The lowest BCUT2D eigenvalue weighted by molar-refractivity contribution is 0.0912. The third-order valence-corrected chi connectivity index (χ3v) is 4.58. The maximum Gasteiger partial charge on any atom is 0.161 e. The number of hydrogen-bond acceptors (Lipinski definition) is 4. The van der Waals surface area contributed by atoms with Gasteiger partial charge in [0.25, 0.3) is 0 Å². The second kappa shape index (κ2) is 9.42. The van der Waals surface area contributed by atoms with Gasteiger partial charge in [0.15, 0.2) is 11.5 Å². The van der Waals surface area contributed by atoms with Gasteiger partial charge in [0.1, 0.15) is 18.5 Å². The van der Waals surface area contributed by atoms with E-state index in [2.05, 4.69) is 11.5 Å². The van der Waals surface area contributed by atoms with E-state index in [1.807, 2.05) is 61.5 Å². The maximum absolute atomic E-state index is 10.6. The molecule has 0 aliphatic heterocycles. The summed E-state index contributed by atoms with van der Waals surface area (Å²) in [6, 6.07) is 13.8. The number of para-hydroxylation sites is 2. The fraction of sp³-hybridized carbons (Fsp3) is 0.348. The Balaban J connectivity index is 1.72. The quantitative estimate of drug-likeness (QED) is 0.595. The minimum Gasteiger partial charge on any atom is -0.493 e. The molecule has 0 bridgehead atoms. The minimum atomic E-state index is -0.659. The molecule has 0 saturated heterocycles. The molecule has 0 saturated carbocycles. The Labute approximate surface area is 166 Å². The molecular weight excluding hydrogens is 352 g/mol. The fourth-order valence-corrected chi connectivity index (χ4v) is 3.29. The summed E-state index contributed by atoms with van der Waals surface area (Å²) < 4.78 is 13.4. The van der Waals surface area contributed by atoms with Crippen molar-refractivity contribution >= 4 is 17.1 Å². The largest absolute Gasteiger partial charge is 0.493 e. The Kier molecular flexibility index (Phi) is 6.71. The molecule has 0 radical (unpaired) electrons. The highest BCUT2D eigenvalue weighted by atomic mass is 16.5. The first-order valence-corrected chi connectivity index (χ1v) is 9.72. The van der Waals surface area contributed by atoms with Crippen LogP contribution in [0.15, 0.2) is 48.5 Å². The zero-order chi connectivity index (χ0) is 19.9. The van der Waals surface area contributed by atoms with Crippen LogP contribution in [-0.4, -0.2) is 34.5 Å². The number of aliphatic hydroxyl groups excluding tert-OH is 1. The Hall–Kier alpha value is -2.79. The van der Waals surface area contributed by atoms with Crippen LogP contribution >= 0.6 is 0 Å². The topological polar surface area (TPSA) is 56.5 Å². The van der Waals surface area contributed by atoms with Crippen molar-refractivity contribution in [2.24, 2.45) is 0 Å². The zero-order valence-corrected chi connectivity index (χ0v) is 16.8. The molecule has 1 unspecified atom stereocenters. The molecular formula is C23H28N2O3. The highest BCUT2D eigenvalue weighted by Gasteiger charge is 2.15. The summed E-state index contributed by atoms with van der Waals surface area (Å²) in [5.41, 5.74) is 3.04. The summed E-state index contributed by atoms with van der Waals surface area (Å²) >= 11 is 0. The van der Waals surface area contributed by atoms with Crippen molar-refractivity contribution in [1.82, 2.24) is 9.55 Å². The predicted octanol–water partition coefficient (Wildman–Crippen LogP) is 4.47. The standard InChI is InChI=1S/C23H28N2O3/c1-4-8-17-12-13-21(22(14-17)27-3)28-16-18(26)15-25-20-11-7-6-10-19(20)24-23(25)9-5-2/h4,6-8,10-14,18,26H,5,9,15-16H2,1-3H3/b8-4+. The van der Waals surface area contributed by atoms with Gasteiger partial charge in [-0.15, -0.1) is 0 Å². The Morgan fingerprint density at radius 3 is 2.75 bits per heavy atom. The van der Waals surface area contributed by atoms with Crippen molar-refractivity contribution in [3.05, 3.63) is 59.9 Å². The number of aromatic nitrogens is 2. The monoisotopic (exact) mass is 380 g/mol. The van der Waals surface area contributed by atoms with Crippen LogP contribution in [0.2, 0.25) is 0 Å². The van der Waals surface area contributed by atoms with Gasteiger partial charge >= 0.3 is 0 Å². The second-order valence-electron chi connectivity index (χ2n) is 6.75. The van der Waals surface area contributed by atoms with Crippen LogP contribution in [0.3, 0.4) is 0 Å². The second-order valence-corrected chi connectivity index (χ2v) is 6.75. The molecule has 5 heteroatoms. The van der Waals surface area contributed by atoms with Crippen molar-refractivity contribution in [3.63, 3.8) is 0 Å². The van der Waals surface area contributed by atoms with Gasteiger partial charge < -0.3 is 19.1 Å². The summed E-state index contributed by atoms with van der Waals surface area (Å²) in [4.78, 5) is 4.71. The first-order chi connectivity index (χ1) is 13.7. The molecule has 1 heterocycles. The van der Waals surface area contributed by atoms with Crippen molar-refractivity contribution in [2.75, 3.05) is 13.7 Å². The van der Waals surface area contributed by atoms with Crippen molar-refractivity contribution in [2.45, 2.75) is 39.3 Å². The number of hydrogen-bond donors (Lipinski definition) is 1. The van der Waals surface area contributed by atoms with Crippen molar-refractivity contribution < 1.29 is 14.6 Å². The lowest BCUT2D eigenvalue weighted by atomic mass is 10.2. The lowest BCUT2D eigenvalue weighted by Crippen LogP contribution is -2.24. The number of ether oxygens (including phenoxy) is 2. The summed E-state index contributed by atoms with van der Waals surface area (Å²) in [7, 11) is 1.62. The van der Waals surface area contributed by atoms with Crippen LogP contribution in [0.4, 0.5) is 0 Å². The van der Waals surface area contributed by atoms with Crippen molar-refractivity contribution in [1.29, 1.82) is 0 Å². The normalized spacial score (nSPS) is 12.6. The third-order valence-electron chi connectivity index (χ3n) is 4.58. The molecule has 1 atom stereocenters. The number of benzene rings is 2. The number of aryl methyl sites for hydroxylation is 1. The summed E-state index contributed by atoms with van der Waals surface area (Å²) in [6.45, 7) is 4.72. The van der Waals surface area contributed by atoms with Gasteiger partial charge in [-0.05, 0) is 43.2 Å². The van der Waals surface area contributed by atoms with Gasteiger partial charge in [-0.3, -0.25) is 0 Å². The minimum absolute atomic E-state index is 0.178. The zero-order valence-electron chi connectivity index (χ0n) is 16.8. The van der Waals surface area contributed by atoms with E-state index in [0.717, 1.165) is 35.3 Å². The van der Waals surface area contributed by atoms with Crippen LogP contribution in [-0.2, 0) is 13.0 Å². The van der Waals surface area contributed by atoms with E-state index in [1.54, 1.807) is 7.11 Å². The van der Waals surface area contributed by atoms with E-state index in [0.29, 0.717) is 18.0 Å². The average molecular weight is 380 g/mol. The van der Waals surface area contributed by atoms with Gasteiger partial charge in [-0.2, -0.15) is 0 Å². The molecule has 5 nitrogen and oxygen atoms in total. The van der Waals surface area contributed by atoms with Gasteiger partial charge in [0.2, 0.25) is 0 Å². The van der Waals surface area contributed by atoms with Gasteiger partial charge in [0.05, 0.1) is 24.7 Å². The van der Waals surface area contributed by atoms with E-state index in [-0.39, 0.29) is 6.61 Å². The average Bonchev–Trinajstić information content (AvgIpc) is 3.04. The molecule has 3 aromatic rings. The van der Waals surface area contributed by atoms with E-state index in [9.17, 15) is 5.11 Å². The van der Waals surface area contributed by atoms with Crippen molar-refractivity contribution in [3.8, 4) is 11.5 Å². The number of methoxy groups -OCH3 is 1. The van der Waals surface area contributed by atoms with Gasteiger partial charge in [-0.25, -0.2) is 4.98 Å². The molecule has 0 aliphatic carbocycles. The fourth-order valence-electron chi connectivity index (χ4n) is 3.29. The van der Waals surface area contributed by atoms with Crippen LogP contribution in [0.5, 0.6) is 11.5 Å². The van der Waals surface area contributed by atoms with Gasteiger partial charge in [-0.1, -0.05) is 37.3 Å². The highest BCUT2D eigenvalue weighted by molar-refractivity contribution is 5.75. The molecule has 1 N–H and O–H groups in total. The summed E-state index contributed by atoms with van der Waals surface area (Å²) in [5.74, 6) is 2.28. The Bertz CT molecular complexity index is 946. The first-order valence-electron chi connectivity index (χ1n) is 9.72. The predicted molar refractivity (Wildman–Crippen MR) is 113 cm³/mol. The summed E-state index contributed by atoms with van der Waals surface area (Å²) in [6.07, 6.45) is 5.20. The van der Waals surface area contributed by atoms with E-state index < -0.39 is 6.10 Å². The molecule has 28 heavy (non-hydrogen) atoms. The maximum atomic E-state index is 10.6. The number of allylic oxidation sites excluding steroid dienone is 1. The van der Waals surface area contributed by atoms with Crippen LogP contribution in [0.25, 0.3) is 17.1 Å². The molecule has 0 fully saturated rings. The van der Waals surface area contributed by atoms with Crippen LogP contribution < -0.4 is 9.47 Å². The highest BCUT2D eigenvalue weighted by Crippen LogP contribution is 2.29. The molecule has 0 aliphatic rings. The van der Waals surface area contributed by atoms with Crippen LogP contribution in [0.1, 0.15) is 31.7 Å². The number of nitrogens with zero attached hydrogens (tertiary/aromatic N) is 2. The van der Waals surface area contributed by atoms with Gasteiger partial charge in [0, 0.05) is 6.42 Å². The Morgan fingerprint density at radius 2 is 2.00 bits per heavy atom. The molecule has 0 spiro atoms. The molecule has 2 aromatic carbocycles. The molecule has 0 amide bonds. The van der Waals surface area contributed by atoms with E-state index in [1.165, 1.54) is 0 Å². The van der Waals surface area contributed by atoms with E-state index >= 15 is 0 Å². The number of fused-ring (bicyclic) bond motifs is 1. The smallest absolute Gasteiger partial charge is 0.161 e. The number of imidazole rings is 1. The SMILES string of the molecule is C/C=C/c1ccc(OCC(O)Cn2c(CCC)nc3ccccc32)c(OC)c1. The van der Waals surface area contributed by atoms with Crippen LogP contribution in [0, 0.1) is 0 Å². The Morgan fingerprint density at radius 1 is 1.18 bits per heavy atom. The molecule has 1 aromatic heterocycles. The number of aliphatic hydroxyl groups is 1. The number of rotatable bonds is 9. The third kappa shape index (κ3) is 4.54. The molecule has 148 valence electrons. The lowest BCUT2D eigenvalue weighted by Gasteiger charge is -2.17. The van der Waals surface area contributed by atoms with E-state index in [4.69, 9.17) is 14.5 Å². The first kappa shape index (κ1) is 20.0.